The van der Waals surface area contributed by atoms with Crippen molar-refractivity contribution in [2.75, 3.05) is 24.7 Å². The number of hydrogen-bond acceptors (Lipinski definition) is 8. The van der Waals surface area contributed by atoms with Crippen LogP contribution in [0.15, 0.2) is 12.1 Å². The predicted molar refractivity (Wildman–Crippen MR) is 101 cm³/mol. The molecule has 0 amide bonds. The average Bonchev–Trinajstić information content (AvgIpc) is 2.41. The molecule has 0 aliphatic rings. The van der Waals surface area contributed by atoms with Crippen LogP contribution >= 0.6 is 45.2 Å². The Morgan fingerprint density at radius 1 is 0.769 bits per heavy atom. The Morgan fingerprint density at radius 3 is 1.35 bits per heavy atom. The van der Waals surface area contributed by atoms with E-state index < -0.39 is 31.7 Å². The van der Waals surface area contributed by atoms with Crippen molar-refractivity contribution < 1.29 is 94.5 Å². The molecule has 26 heavy (non-hydrogen) atoms. The molecule has 1 aromatic rings. The molecular weight excluding hydrogens is 636 g/mol. The summed E-state index contributed by atoms with van der Waals surface area (Å²) in [5.74, 6) is 0.0881. The van der Waals surface area contributed by atoms with Crippen LogP contribution in [0.25, 0.3) is 0 Å². The van der Waals surface area contributed by atoms with E-state index in [9.17, 15) is 25.9 Å². The van der Waals surface area contributed by atoms with Gasteiger partial charge in [-0.2, -0.15) is 0 Å². The monoisotopic (exact) mass is 650 g/mol. The van der Waals surface area contributed by atoms with Crippen LogP contribution < -0.4 is 68.6 Å². The Morgan fingerprint density at radius 2 is 1.08 bits per heavy atom. The number of halogens is 2. The van der Waals surface area contributed by atoms with Gasteiger partial charge in [0.15, 0.2) is 0 Å². The van der Waals surface area contributed by atoms with Gasteiger partial charge < -0.3 is 18.6 Å². The summed E-state index contributed by atoms with van der Waals surface area (Å²) in [7, 11) is -8.49. The molecule has 0 saturated heterocycles. The van der Waals surface area contributed by atoms with Crippen LogP contribution in [-0.2, 0) is 20.2 Å². The van der Waals surface area contributed by atoms with Crippen molar-refractivity contribution in [1.29, 1.82) is 0 Å². The maximum atomic E-state index is 10.5. The summed E-state index contributed by atoms with van der Waals surface area (Å²) in [6, 6.07) is 3.38. The van der Waals surface area contributed by atoms with E-state index in [0.717, 1.165) is 0 Å². The summed E-state index contributed by atoms with van der Waals surface area (Å²) in [4.78, 5) is 0. The van der Waals surface area contributed by atoms with Gasteiger partial charge in [0.25, 0.3) is 0 Å². The van der Waals surface area contributed by atoms with Gasteiger partial charge in [0.05, 0.1) is 40.6 Å². The molecule has 0 aliphatic heterocycles. The first-order valence-electron chi connectivity index (χ1n) is 6.60. The summed E-state index contributed by atoms with van der Waals surface area (Å²) < 4.78 is 75.4. The Labute approximate surface area is 224 Å². The Hall–Kier alpha value is 2.10. The first-order chi connectivity index (χ1) is 11.0. The second-order valence-corrected chi connectivity index (χ2v) is 10.0. The van der Waals surface area contributed by atoms with Gasteiger partial charge in [0.1, 0.15) is 11.5 Å². The van der Waals surface area contributed by atoms with E-state index >= 15 is 0 Å². The van der Waals surface area contributed by atoms with Crippen molar-refractivity contribution in [2.45, 2.75) is 12.8 Å². The molecule has 0 unspecified atom stereocenters. The van der Waals surface area contributed by atoms with E-state index in [4.69, 9.17) is 9.47 Å². The SMILES string of the molecule is O=S(=O)([O-])CCCOc1cc(I)c(OCCCS(=O)(=O)[O-])cc1I.[Na+].[Na+]. The van der Waals surface area contributed by atoms with Gasteiger partial charge in [-0.25, -0.2) is 16.8 Å². The average molecular weight is 650 g/mol. The van der Waals surface area contributed by atoms with Gasteiger partial charge in [0, 0.05) is 11.5 Å². The zero-order valence-corrected chi connectivity index (χ0v) is 24.2. The van der Waals surface area contributed by atoms with Crippen molar-refractivity contribution in [1.82, 2.24) is 0 Å². The fourth-order valence-electron chi connectivity index (χ4n) is 1.57. The third kappa shape index (κ3) is 14.1. The first-order valence-corrected chi connectivity index (χ1v) is 11.9. The van der Waals surface area contributed by atoms with E-state index in [-0.39, 0.29) is 85.2 Å². The molecular formula is C12H14I2Na2O8S2. The molecule has 0 radical (unpaired) electrons. The van der Waals surface area contributed by atoms with Crippen molar-refractivity contribution >= 4 is 65.4 Å². The normalized spacial score (nSPS) is 11.2. The van der Waals surface area contributed by atoms with E-state index in [0.29, 0.717) is 18.6 Å². The molecule has 0 fully saturated rings. The third-order valence-electron chi connectivity index (χ3n) is 2.58. The van der Waals surface area contributed by atoms with Crippen LogP contribution in [0.3, 0.4) is 0 Å². The zero-order chi connectivity index (χ0) is 18.4. The molecule has 0 aliphatic carbocycles. The minimum Gasteiger partial charge on any atom is -0.748 e. The van der Waals surface area contributed by atoms with Gasteiger partial charge in [-0.15, -0.1) is 0 Å². The van der Waals surface area contributed by atoms with Crippen molar-refractivity contribution in [3.8, 4) is 11.5 Å². The van der Waals surface area contributed by atoms with Crippen LogP contribution in [0.1, 0.15) is 12.8 Å². The largest absolute Gasteiger partial charge is 1.00 e. The Kier molecular flexibility index (Phi) is 16.5. The number of rotatable bonds is 10. The summed E-state index contributed by atoms with van der Waals surface area (Å²) in [5.41, 5.74) is 0. The summed E-state index contributed by atoms with van der Waals surface area (Å²) in [5, 5.41) is 0. The van der Waals surface area contributed by atoms with Crippen molar-refractivity contribution in [3.63, 3.8) is 0 Å². The van der Waals surface area contributed by atoms with E-state index in [1.54, 1.807) is 12.1 Å². The van der Waals surface area contributed by atoms with E-state index in [1.165, 1.54) is 0 Å². The van der Waals surface area contributed by atoms with Crippen LogP contribution in [0.2, 0.25) is 0 Å². The molecule has 0 saturated carbocycles. The van der Waals surface area contributed by atoms with Crippen LogP contribution in [-0.4, -0.2) is 50.7 Å². The molecule has 14 heteroatoms. The number of benzene rings is 1. The predicted octanol–water partition coefficient (Wildman–Crippen LogP) is -4.47. The first kappa shape index (κ1) is 30.3. The topological polar surface area (TPSA) is 133 Å². The van der Waals surface area contributed by atoms with E-state index in [2.05, 4.69) is 0 Å². The Balaban J connectivity index is 0. The molecule has 138 valence electrons. The molecule has 0 aromatic heterocycles. The van der Waals surface area contributed by atoms with E-state index in [1.807, 2.05) is 45.2 Å². The second-order valence-electron chi connectivity index (χ2n) is 4.64. The van der Waals surface area contributed by atoms with Gasteiger partial charge >= 0.3 is 59.1 Å². The van der Waals surface area contributed by atoms with Gasteiger partial charge in [-0.1, -0.05) is 0 Å². The maximum absolute atomic E-state index is 10.5. The minimum atomic E-state index is -4.25. The molecule has 0 atom stereocenters. The third-order valence-corrected chi connectivity index (χ3v) is 5.84. The fraction of sp³-hybridized carbons (Fsp3) is 0.500. The van der Waals surface area contributed by atoms with Crippen LogP contribution in [0.5, 0.6) is 11.5 Å². The number of ether oxygens (including phenoxy) is 2. The quantitative estimate of drug-likeness (QED) is 0.107. The molecule has 0 N–H and O–H groups in total. The second kappa shape index (κ2) is 14.2. The fourth-order valence-corrected chi connectivity index (χ4v) is 3.70. The number of hydrogen-bond donors (Lipinski definition) is 0. The van der Waals surface area contributed by atoms with Crippen molar-refractivity contribution in [2.24, 2.45) is 0 Å². The molecule has 0 spiro atoms. The van der Waals surface area contributed by atoms with Gasteiger partial charge in [0.2, 0.25) is 0 Å². The van der Waals surface area contributed by atoms with Gasteiger partial charge in [-0.3, -0.25) is 0 Å². The molecule has 0 heterocycles. The van der Waals surface area contributed by atoms with Crippen LogP contribution in [0, 0.1) is 7.14 Å². The zero-order valence-electron chi connectivity index (χ0n) is 14.2. The molecule has 1 rings (SSSR count). The molecule has 1 aromatic carbocycles. The standard InChI is InChI=1S/C12H16I2O8S2.2Na/c13-9-8-12(22-4-2-6-24(18,19)20)10(14)7-11(9)21-3-1-5-23(15,16)17;;/h7-8H,1-6H2,(H,15,16,17)(H,18,19,20);;/q;2*+1/p-2. The summed E-state index contributed by atoms with van der Waals surface area (Å²) in [6.07, 6.45) is 0.195. The maximum Gasteiger partial charge on any atom is 1.00 e. The Bertz CT molecular complexity index is 706. The smallest absolute Gasteiger partial charge is 0.748 e. The molecule has 8 nitrogen and oxygen atoms in total. The minimum absolute atomic E-state index is 0. The van der Waals surface area contributed by atoms with Crippen LogP contribution in [0.4, 0.5) is 0 Å². The summed E-state index contributed by atoms with van der Waals surface area (Å²) in [6.45, 7) is 0.185. The summed E-state index contributed by atoms with van der Waals surface area (Å²) >= 11 is 4.02. The van der Waals surface area contributed by atoms with Gasteiger partial charge in [-0.05, 0) is 70.2 Å². The molecule has 0 bridgehead atoms. The van der Waals surface area contributed by atoms with Crippen molar-refractivity contribution in [3.05, 3.63) is 19.3 Å².